The van der Waals surface area contributed by atoms with Crippen molar-refractivity contribution in [1.29, 1.82) is 0 Å². The predicted octanol–water partition coefficient (Wildman–Crippen LogP) is 3.51. The Balaban J connectivity index is 2.35. The van der Waals surface area contributed by atoms with E-state index in [2.05, 4.69) is 0 Å². The zero-order valence-corrected chi connectivity index (χ0v) is 14.8. The average molecular weight is 345 g/mol. The first-order valence-corrected chi connectivity index (χ1v) is 8.89. The van der Waals surface area contributed by atoms with Crippen LogP contribution in [-0.4, -0.2) is 26.6 Å². The highest BCUT2D eigenvalue weighted by molar-refractivity contribution is 7.90. The number of fused-ring (bicyclic) bond motifs is 1. The molecule has 0 bridgehead atoms. The maximum atomic E-state index is 13.1. The van der Waals surface area contributed by atoms with Crippen LogP contribution in [0.25, 0.3) is 10.9 Å². The van der Waals surface area contributed by atoms with Gasteiger partial charge in [-0.2, -0.15) is 0 Å². The van der Waals surface area contributed by atoms with Crippen molar-refractivity contribution in [2.45, 2.75) is 18.7 Å². The number of hydrogen-bond donors (Lipinski definition) is 0. The maximum Gasteiger partial charge on any atom is 0.268 e. The maximum absolute atomic E-state index is 13.1. The lowest BCUT2D eigenvalue weighted by atomic mass is 10.2. The van der Waals surface area contributed by atoms with Gasteiger partial charge >= 0.3 is 0 Å². The van der Waals surface area contributed by atoms with Crippen LogP contribution in [0.15, 0.2) is 47.5 Å². The molecule has 1 heterocycles. The minimum Gasteiger partial charge on any atom is -0.493 e. The van der Waals surface area contributed by atoms with Crippen LogP contribution in [0.2, 0.25) is 0 Å². The molecule has 24 heavy (non-hydrogen) atoms. The van der Waals surface area contributed by atoms with Gasteiger partial charge in [-0.25, -0.2) is 12.4 Å². The molecule has 0 saturated carbocycles. The van der Waals surface area contributed by atoms with Crippen molar-refractivity contribution in [2.24, 2.45) is 0 Å². The Morgan fingerprint density at radius 1 is 0.917 bits per heavy atom. The molecule has 3 aromatic rings. The normalized spacial score (nSPS) is 11.7. The van der Waals surface area contributed by atoms with Crippen LogP contribution in [-0.2, 0) is 10.0 Å². The molecule has 0 aliphatic heterocycles. The molecule has 126 valence electrons. The fourth-order valence-corrected chi connectivity index (χ4v) is 4.20. The van der Waals surface area contributed by atoms with E-state index < -0.39 is 10.0 Å². The van der Waals surface area contributed by atoms with E-state index in [0.29, 0.717) is 17.0 Å². The van der Waals surface area contributed by atoms with Gasteiger partial charge in [0.05, 0.1) is 19.1 Å². The first kappa shape index (κ1) is 16.4. The van der Waals surface area contributed by atoms with Crippen LogP contribution >= 0.6 is 0 Å². The molecule has 3 rings (SSSR count). The largest absolute Gasteiger partial charge is 0.493 e. The molecule has 0 spiro atoms. The lowest BCUT2D eigenvalue weighted by Gasteiger charge is -2.13. The molecule has 5 nitrogen and oxygen atoms in total. The third kappa shape index (κ3) is 2.43. The summed E-state index contributed by atoms with van der Waals surface area (Å²) in [5, 5.41) is 0.809. The zero-order valence-electron chi connectivity index (χ0n) is 14.0. The molecular formula is C18H19NO4S. The van der Waals surface area contributed by atoms with Crippen molar-refractivity contribution in [1.82, 2.24) is 3.97 Å². The number of benzene rings is 2. The highest BCUT2D eigenvalue weighted by atomic mass is 32.2. The lowest BCUT2D eigenvalue weighted by molar-refractivity contribution is 0.358. The molecular weight excluding hydrogens is 326 g/mol. The first-order chi connectivity index (χ1) is 11.4. The molecule has 6 heteroatoms. The summed E-state index contributed by atoms with van der Waals surface area (Å²) in [7, 11) is -0.709. The van der Waals surface area contributed by atoms with Gasteiger partial charge in [0, 0.05) is 11.6 Å². The van der Waals surface area contributed by atoms with E-state index in [1.807, 2.05) is 19.9 Å². The summed E-state index contributed by atoms with van der Waals surface area (Å²) >= 11 is 0. The summed E-state index contributed by atoms with van der Waals surface area (Å²) in [5.74, 6) is 0.891. The summed E-state index contributed by atoms with van der Waals surface area (Å²) in [6, 6.07) is 10.4. The van der Waals surface area contributed by atoms with Crippen LogP contribution in [0.5, 0.6) is 11.5 Å². The van der Waals surface area contributed by atoms with Gasteiger partial charge in [0.25, 0.3) is 10.0 Å². The summed E-state index contributed by atoms with van der Waals surface area (Å²) < 4.78 is 38.2. The number of aromatic nitrogens is 1. The van der Waals surface area contributed by atoms with Crippen molar-refractivity contribution >= 4 is 20.9 Å². The fraction of sp³-hybridized carbons (Fsp3) is 0.222. The third-order valence-corrected chi connectivity index (χ3v) is 5.73. The molecule has 0 N–H and O–H groups in total. The Morgan fingerprint density at radius 2 is 1.58 bits per heavy atom. The number of aryl methyl sites for hydroxylation is 2. The van der Waals surface area contributed by atoms with Crippen molar-refractivity contribution in [3.8, 4) is 11.5 Å². The fourth-order valence-electron chi connectivity index (χ4n) is 2.77. The smallest absolute Gasteiger partial charge is 0.268 e. The number of hydrogen-bond acceptors (Lipinski definition) is 4. The summed E-state index contributed by atoms with van der Waals surface area (Å²) in [4.78, 5) is 0.231. The number of methoxy groups -OCH3 is 2. The average Bonchev–Trinajstić information content (AvgIpc) is 2.92. The second kappa shape index (κ2) is 5.87. The standard InChI is InChI=1S/C18H19NO4S/c1-12-5-7-14(8-6-12)24(20,21)19-11-13(2)15-9-10-16(22-3)18(23-4)17(15)19/h5-11H,1-4H3. The van der Waals surface area contributed by atoms with Crippen molar-refractivity contribution < 1.29 is 17.9 Å². The van der Waals surface area contributed by atoms with Crippen LogP contribution in [0, 0.1) is 13.8 Å². The molecule has 0 aliphatic carbocycles. The SMILES string of the molecule is COc1ccc2c(C)cn(S(=O)(=O)c3ccc(C)cc3)c2c1OC. The highest BCUT2D eigenvalue weighted by Crippen LogP contribution is 2.39. The molecule has 0 unspecified atom stereocenters. The molecule has 0 amide bonds. The highest BCUT2D eigenvalue weighted by Gasteiger charge is 2.24. The Hall–Kier alpha value is -2.47. The van der Waals surface area contributed by atoms with Gasteiger partial charge in [-0.05, 0) is 43.7 Å². The molecule has 2 aromatic carbocycles. The van der Waals surface area contributed by atoms with E-state index in [4.69, 9.17) is 9.47 Å². The zero-order chi connectivity index (χ0) is 17.5. The van der Waals surface area contributed by atoms with Crippen LogP contribution in [0.1, 0.15) is 11.1 Å². The Morgan fingerprint density at radius 3 is 2.17 bits per heavy atom. The van der Waals surface area contributed by atoms with E-state index in [1.54, 1.807) is 36.5 Å². The first-order valence-electron chi connectivity index (χ1n) is 7.45. The minimum absolute atomic E-state index is 0.231. The van der Waals surface area contributed by atoms with Gasteiger partial charge < -0.3 is 9.47 Å². The molecule has 1 aromatic heterocycles. The lowest BCUT2D eigenvalue weighted by Crippen LogP contribution is -2.12. The second-order valence-corrected chi connectivity index (χ2v) is 7.44. The summed E-state index contributed by atoms with van der Waals surface area (Å²) in [6.07, 6.45) is 1.61. The third-order valence-electron chi connectivity index (χ3n) is 4.05. The molecule has 0 aliphatic rings. The van der Waals surface area contributed by atoms with Gasteiger partial charge in [-0.15, -0.1) is 0 Å². The van der Waals surface area contributed by atoms with Gasteiger partial charge in [-0.3, -0.25) is 0 Å². The summed E-state index contributed by atoms with van der Waals surface area (Å²) in [6.45, 7) is 3.79. The Labute approximate surface area is 141 Å². The summed E-state index contributed by atoms with van der Waals surface area (Å²) in [5.41, 5.74) is 2.33. The minimum atomic E-state index is -3.74. The van der Waals surface area contributed by atoms with Gasteiger partial charge in [0.1, 0.15) is 5.52 Å². The van der Waals surface area contributed by atoms with Gasteiger partial charge in [0.2, 0.25) is 0 Å². The Kier molecular flexibility index (Phi) is 4.01. The van der Waals surface area contributed by atoms with E-state index in [1.165, 1.54) is 18.2 Å². The van der Waals surface area contributed by atoms with E-state index >= 15 is 0 Å². The predicted molar refractivity (Wildman–Crippen MR) is 93.5 cm³/mol. The van der Waals surface area contributed by atoms with Crippen molar-refractivity contribution in [3.63, 3.8) is 0 Å². The van der Waals surface area contributed by atoms with Crippen molar-refractivity contribution in [2.75, 3.05) is 14.2 Å². The molecule has 0 atom stereocenters. The van der Waals surface area contributed by atoms with Crippen LogP contribution in [0.4, 0.5) is 0 Å². The van der Waals surface area contributed by atoms with E-state index in [-0.39, 0.29) is 4.90 Å². The van der Waals surface area contributed by atoms with Gasteiger partial charge in [-0.1, -0.05) is 17.7 Å². The second-order valence-electron chi connectivity index (χ2n) is 5.62. The van der Waals surface area contributed by atoms with Crippen LogP contribution < -0.4 is 9.47 Å². The van der Waals surface area contributed by atoms with E-state index in [9.17, 15) is 8.42 Å². The quantitative estimate of drug-likeness (QED) is 0.726. The topological polar surface area (TPSA) is 57.5 Å². The number of ether oxygens (including phenoxy) is 2. The monoisotopic (exact) mass is 345 g/mol. The molecule has 0 fully saturated rings. The molecule has 0 radical (unpaired) electrons. The molecule has 0 saturated heterocycles. The van der Waals surface area contributed by atoms with Crippen LogP contribution in [0.3, 0.4) is 0 Å². The number of rotatable bonds is 4. The van der Waals surface area contributed by atoms with Crippen molar-refractivity contribution in [3.05, 3.63) is 53.7 Å². The van der Waals surface area contributed by atoms with E-state index in [0.717, 1.165) is 16.5 Å². The Bertz CT molecular complexity index is 1000. The van der Waals surface area contributed by atoms with Gasteiger partial charge in [0.15, 0.2) is 11.5 Å². The number of nitrogens with zero attached hydrogens (tertiary/aromatic N) is 1.